The molecule has 3 aromatic heterocycles. The van der Waals surface area contributed by atoms with Crippen molar-refractivity contribution < 1.29 is 23.4 Å². The Morgan fingerprint density at radius 1 is 1.04 bits per heavy atom. The molecule has 0 saturated carbocycles. The number of amides is 2. The summed E-state index contributed by atoms with van der Waals surface area (Å²) in [4.78, 5) is 51.1. The molecule has 3 heterocycles. The van der Waals surface area contributed by atoms with Gasteiger partial charge in [0.15, 0.2) is 0 Å². The Hall–Kier alpha value is -5.38. The van der Waals surface area contributed by atoms with Crippen LogP contribution in [-0.4, -0.2) is 87.5 Å². The Morgan fingerprint density at radius 3 is 2.44 bits per heavy atom. The summed E-state index contributed by atoms with van der Waals surface area (Å²) in [6.45, 7) is 3.41. The van der Waals surface area contributed by atoms with Gasteiger partial charge in [-0.1, -0.05) is 41.9 Å². The number of alkyl halides is 2. The number of benzene rings is 2. The van der Waals surface area contributed by atoms with Crippen LogP contribution in [0.15, 0.2) is 58.1 Å². The highest BCUT2D eigenvalue weighted by Gasteiger charge is 2.31. The van der Waals surface area contributed by atoms with E-state index >= 15 is 0 Å². The number of aryl methyl sites for hydroxylation is 2. The molecule has 1 atom stereocenters. The quantitative estimate of drug-likeness (QED) is 0.109. The van der Waals surface area contributed by atoms with Gasteiger partial charge in [-0.15, -0.1) is 0 Å². The predicted molar refractivity (Wildman–Crippen MR) is 218 cm³/mol. The topological polar surface area (TPSA) is 147 Å². The molecule has 57 heavy (non-hydrogen) atoms. The van der Waals surface area contributed by atoms with Crippen LogP contribution < -0.4 is 26.6 Å². The van der Waals surface area contributed by atoms with Crippen LogP contribution in [0.3, 0.4) is 0 Å². The van der Waals surface area contributed by atoms with Gasteiger partial charge < -0.3 is 25.4 Å². The van der Waals surface area contributed by atoms with Crippen molar-refractivity contribution in [3.8, 4) is 28.3 Å². The Balaban J connectivity index is 1.28. The van der Waals surface area contributed by atoms with Gasteiger partial charge in [-0.2, -0.15) is 0 Å². The van der Waals surface area contributed by atoms with Crippen molar-refractivity contribution in [1.82, 2.24) is 34.2 Å². The number of fused-ring (bicyclic) bond motifs is 2. The number of aliphatic hydroxyl groups is 1. The Kier molecular flexibility index (Phi) is 12.6. The van der Waals surface area contributed by atoms with Crippen molar-refractivity contribution in [3.63, 3.8) is 0 Å². The van der Waals surface area contributed by atoms with Crippen LogP contribution in [-0.2, 0) is 20.5 Å². The van der Waals surface area contributed by atoms with Gasteiger partial charge >= 0.3 is 11.7 Å². The van der Waals surface area contributed by atoms with Crippen molar-refractivity contribution in [3.05, 3.63) is 96.8 Å². The number of urea groups is 1. The highest BCUT2D eigenvalue weighted by Crippen LogP contribution is 2.44. The molecule has 2 amide bonds. The fourth-order valence-corrected chi connectivity index (χ4v) is 7.99. The summed E-state index contributed by atoms with van der Waals surface area (Å²) in [5, 5.41) is 15.5. The largest absolute Gasteiger partial charge is 0.481 e. The number of rotatable bonds is 14. The van der Waals surface area contributed by atoms with Crippen molar-refractivity contribution >= 4 is 40.0 Å². The number of aliphatic hydroxyl groups excluding tert-OH is 1. The molecule has 302 valence electrons. The SMILES string of the molecule is CNC(=O)N(CCO)CCCCN(C)C1CCc2cc(-c3cccc(-c4cccc(Nc5nc(C(F)F)cc6c5c(=O)n(C)c(=O)n6C)c4C)c3Cl)nc(OC)c21. The van der Waals surface area contributed by atoms with Crippen LogP contribution in [0.5, 0.6) is 5.88 Å². The summed E-state index contributed by atoms with van der Waals surface area (Å²) in [6, 6.07) is 14.2. The third kappa shape index (κ3) is 8.09. The summed E-state index contributed by atoms with van der Waals surface area (Å²) in [5.41, 5.74) is 4.38. The zero-order valence-corrected chi connectivity index (χ0v) is 33.6. The van der Waals surface area contributed by atoms with E-state index in [1.165, 1.54) is 14.1 Å². The van der Waals surface area contributed by atoms with Gasteiger partial charge in [0.2, 0.25) is 5.88 Å². The summed E-state index contributed by atoms with van der Waals surface area (Å²) < 4.78 is 36.0. The van der Waals surface area contributed by atoms with E-state index in [0.29, 0.717) is 40.0 Å². The lowest BCUT2D eigenvalue weighted by molar-refractivity contribution is 0.146. The van der Waals surface area contributed by atoms with Crippen molar-refractivity contribution in [2.45, 2.75) is 45.1 Å². The van der Waals surface area contributed by atoms with Crippen LogP contribution in [0.2, 0.25) is 5.02 Å². The second kappa shape index (κ2) is 17.4. The van der Waals surface area contributed by atoms with E-state index in [2.05, 4.69) is 33.6 Å². The molecular weight excluding hydrogens is 758 g/mol. The number of aromatic nitrogens is 4. The number of pyridine rings is 2. The van der Waals surface area contributed by atoms with E-state index in [1.807, 2.05) is 31.2 Å². The first-order valence-corrected chi connectivity index (χ1v) is 19.1. The third-order valence-corrected chi connectivity index (χ3v) is 11.2. The number of hydrogen-bond acceptors (Lipinski definition) is 9. The minimum atomic E-state index is -2.94. The molecule has 0 radical (unpaired) electrons. The van der Waals surface area contributed by atoms with Crippen molar-refractivity contribution in [2.75, 3.05) is 52.8 Å². The fourth-order valence-electron chi connectivity index (χ4n) is 7.67. The maximum atomic E-state index is 14.0. The molecule has 1 aliphatic rings. The van der Waals surface area contributed by atoms with Crippen LogP contribution in [0.25, 0.3) is 33.3 Å². The summed E-state index contributed by atoms with van der Waals surface area (Å²) >= 11 is 7.21. The highest BCUT2D eigenvalue weighted by molar-refractivity contribution is 6.36. The summed E-state index contributed by atoms with van der Waals surface area (Å²) in [6.07, 6.45) is 0.433. The standard InChI is InChI=1S/C41H47ClF2N8O5/c1-23-25(11-10-14-28(23)46-37-34-32(22-30(47-37)36(43)44)50(4)41(56)51(5)39(34)54)26-12-9-13-27(35(26)42)29-21-24-15-16-31(33(24)38(48-29)57-6)49(3)17-7-8-18-52(19-20-53)40(55)45-2/h9-14,21-22,31,36,53H,7-8,15-20H2,1-6H3,(H,45,55)(H,46,47). The first-order valence-electron chi connectivity index (χ1n) is 18.7. The lowest BCUT2D eigenvalue weighted by Gasteiger charge is -2.27. The van der Waals surface area contributed by atoms with Gasteiger partial charge in [-0.05, 0) is 81.1 Å². The minimum absolute atomic E-state index is 0.00217. The molecule has 0 spiro atoms. The number of nitrogens with zero attached hydrogens (tertiary/aromatic N) is 6. The Morgan fingerprint density at radius 2 is 1.74 bits per heavy atom. The maximum absolute atomic E-state index is 14.0. The van der Waals surface area contributed by atoms with Gasteiger partial charge in [-0.3, -0.25) is 18.8 Å². The lowest BCUT2D eigenvalue weighted by atomic mass is 9.96. The molecule has 13 nitrogen and oxygen atoms in total. The second-order valence-electron chi connectivity index (χ2n) is 14.2. The average Bonchev–Trinajstić information content (AvgIpc) is 3.64. The van der Waals surface area contributed by atoms with Gasteiger partial charge in [-0.25, -0.2) is 28.3 Å². The van der Waals surface area contributed by atoms with E-state index in [9.17, 15) is 28.3 Å². The minimum Gasteiger partial charge on any atom is -0.481 e. The normalized spacial score (nSPS) is 13.7. The van der Waals surface area contributed by atoms with Gasteiger partial charge in [0.1, 0.15) is 16.9 Å². The van der Waals surface area contributed by atoms with Crippen molar-refractivity contribution in [2.24, 2.45) is 14.1 Å². The molecule has 3 N–H and O–H groups in total. The number of carbonyl (C=O) groups excluding carboxylic acids is 1. The smallest absolute Gasteiger partial charge is 0.330 e. The molecule has 1 aliphatic carbocycles. The summed E-state index contributed by atoms with van der Waals surface area (Å²) in [5.74, 6) is 0.437. The van der Waals surface area contributed by atoms with E-state index in [1.54, 1.807) is 31.2 Å². The van der Waals surface area contributed by atoms with Crippen LogP contribution in [0.1, 0.15) is 54.1 Å². The number of hydrogen-bond donors (Lipinski definition) is 3. The van der Waals surface area contributed by atoms with E-state index in [-0.39, 0.29) is 41.9 Å². The molecule has 0 bridgehead atoms. The third-order valence-electron chi connectivity index (χ3n) is 10.8. The number of unbranched alkanes of at least 4 members (excludes halogenated alkanes) is 1. The zero-order chi connectivity index (χ0) is 41.1. The fraction of sp³-hybridized carbons (Fsp3) is 0.390. The number of anilines is 2. The maximum Gasteiger partial charge on any atom is 0.330 e. The summed E-state index contributed by atoms with van der Waals surface area (Å²) in [7, 11) is 8.02. The number of nitrogens with one attached hydrogen (secondary N) is 2. The molecular formula is C41H47ClF2N8O5. The predicted octanol–water partition coefficient (Wildman–Crippen LogP) is 6.35. The van der Waals surface area contributed by atoms with Crippen LogP contribution in [0, 0.1) is 6.92 Å². The number of ether oxygens (including phenoxy) is 1. The molecule has 2 aromatic carbocycles. The van der Waals surface area contributed by atoms with E-state index < -0.39 is 23.4 Å². The highest BCUT2D eigenvalue weighted by atomic mass is 35.5. The molecule has 5 aromatic rings. The van der Waals surface area contributed by atoms with Crippen LogP contribution >= 0.6 is 11.6 Å². The van der Waals surface area contributed by atoms with E-state index in [0.717, 1.165) is 69.7 Å². The Labute approximate surface area is 333 Å². The zero-order valence-electron chi connectivity index (χ0n) is 32.8. The van der Waals surface area contributed by atoms with E-state index in [4.69, 9.17) is 21.3 Å². The molecule has 0 aliphatic heterocycles. The first-order chi connectivity index (χ1) is 27.3. The van der Waals surface area contributed by atoms with Crippen LogP contribution in [0.4, 0.5) is 25.1 Å². The Bertz CT molecular complexity index is 2440. The number of halogens is 3. The molecule has 0 saturated heterocycles. The lowest BCUT2D eigenvalue weighted by Crippen LogP contribution is -2.40. The second-order valence-corrected chi connectivity index (χ2v) is 14.5. The van der Waals surface area contributed by atoms with Gasteiger partial charge in [0, 0.05) is 62.7 Å². The van der Waals surface area contributed by atoms with Crippen molar-refractivity contribution in [1.29, 1.82) is 0 Å². The number of carbonyl (C=O) groups is 1. The molecule has 6 rings (SSSR count). The number of methoxy groups -OCH3 is 1. The van der Waals surface area contributed by atoms with Gasteiger partial charge in [0.25, 0.3) is 12.0 Å². The molecule has 16 heteroatoms. The molecule has 0 fully saturated rings. The van der Waals surface area contributed by atoms with Gasteiger partial charge in [0.05, 0.1) is 29.9 Å². The molecule has 1 unspecified atom stereocenters. The first kappa shape index (κ1) is 41.3. The monoisotopic (exact) mass is 804 g/mol. The average molecular weight is 805 g/mol.